The van der Waals surface area contributed by atoms with Crippen molar-refractivity contribution in [1.29, 1.82) is 0 Å². The number of hydrogen-bond acceptors (Lipinski definition) is 5. The molecule has 1 saturated heterocycles. The molecule has 9 heteroatoms. The summed E-state index contributed by atoms with van der Waals surface area (Å²) in [5, 5.41) is 7.56. The molecule has 36 heavy (non-hydrogen) atoms. The van der Waals surface area contributed by atoms with Gasteiger partial charge in [-0.05, 0) is 48.7 Å². The number of aromatic nitrogens is 2. The number of rotatable bonds is 9. The van der Waals surface area contributed by atoms with Crippen molar-refractivity contribution in [2.75, 3.05) is 38.2 Å². The van der Waals surface area contributed by atoms with Gasteiger partial charge in [-0.3, -0.25) is 14.4 Å². The van der Waals surface area contributed by atoms with E-state index in [1.807, 2.05) is 60.1 Å². The van der Waals surface area contributed by atoms with Crippen LogP contribution in [0.2, 0.25) is 0 Å². The van der Waals surface area contributed by atoms with Crippen LogP contribution in [0.4, 0.5) is 5.82 Å². The smallest absolute Gasteiger partial charge is 0.256 e. The van der Waals surface area contributed by atoms with Gasteiger partial charge in [-0.15, -0.1) is 12.4 Å². The molecule has 1 amide bonds. The monoisotopic (exact) mass is 576 g/mol. The molecule has 0 atom stereocenters. The number of amides is 1. The number of nitrogens with zero attached hydrogens (tertiary/aromatic N) is 3. The average molecular weight is 578 g/mol. The highest BCUT2D eigenvalue weighted by atomic mass is 79.9. The zero-order valence-corrected chi connectivity index (χ0v) is 23.4. The van der Waals surface area contributed by atoms with Crippen LogP contribution in [0.15, 0.2) is 53.0 Å². The number of benzene rings is 2. The second-order valence-corrected chi connectivity index (χ2v) is 10.2. The zero-order valence-electron chi connectivity index (χ0n) is 21.0. The molecule has 4 rings (SSSR count). The molecule has 0 radical (unpaired) electrons. The van der Waals surface area contributed by atoms with Crippen molar-refractivity contribution in [3.8, 4) is 5.75 Å². The normalized spacial score (nSPS) is 13.9. The van der Waals surface area contributed by atoms with Crippen LogP contribution in [0.25, 0.3) is 0 Å². The Morgan fingerprint density at radius 2 is 1.83 bits per heavy atom. The SMILES string of the molecule is Cc1cc(NC(=O)c2ccc(CN3CCOCC3)cc2)nn1Cc1cc(Br)ccc1OCC(C)C.Cl. The van der Waals surface area contributed by atoms with Gasteiger partial charge in [0, 0.05) is 47.0 Å². The van der Waals surface area contributed by atoms with Gasteiger partial charge in [0.1, 0.15) is 5.75 Å². The summed E-state index contributed by atoms with van der Waals surface area (Å²) >= 11 is 3.55. The second-order valence-electron chi connectivity index (χ2n) is 9.33. The van der Waals surface area contributed by atoms with Gasteiger partial charge in [0.25, 0.3) is 5.91 Å². The molecular weight excluding hydrogens is 544 g/mol. The van der Waals surface area contributed by atoms with Gasteiger partial charge in [-0.2, -0.15) is 5.10 Å². The molecule has 1 aromatic heterocycles. The molecule has 7 nitrogen and oxygen atoms in total. The first-order valence-corrected chi connectivity index (χ1v) is 12.8. The van der Waals surface area contributed by atoms with E-state index in [0.717, 1.165) is 54.3 Å². The molecule has 1 aliphatic rings. The van der Waals surface area contributed by atoms with E-state index in [4.69, 9.17) is 9.47 Å². The van der Waals surface area contributed by atoms with E-state index in [1.165, 1.54) is 5.56 Å². The fraction of sp³-hybridized carbons (Fsp3) is 0.407. The summed E-state index contributed by atoms with van der Waals surface area (Å²) in [6.07, 6.45) is 0. The van der Waals surface area contributed by atoms with Gasteiger partial charge in [0.05, 0.1) is 26.4 Å². The van der Waals surface area contributed by atoms with Crippen molar-refractivity contribution < 1.29 is 14.3 Å². The average Bonchev–Trinajstić information content (AvgIpc) is 3.17. The summed E-state index contributed by atoms with van der Waals surface area (Å²) in [7, 11) is 0. The number of ether oxygens (including phenoxy) is 2. The zero-order chi connectivity index (χ0) is 24.8. The molecule has 0 aliphatic carbocycles. The summed E-state index contributed by atoms with van der Waals surface area (Å²) < 4.78 is 14.3. The number of aryl methyl sites for hydroxylation is 1. The Hall–Kier alpha value is -2.39. The third kappa shape index (κ3) is 7.80. The number of hydrogen-bond donors (Lipinski definition) is 1. The van der Waals surface area contributed by atoms with Gasteiger partial charge in [-0.25, -0.2) is 0 Å². The van der Waals surface area contributed by atoms with E-state index in [0.29, 0.717) is 30.5 Å². The van der Waals surface area contributed by atoms with E-state index < -0.39 is 0 Å². The first-order chi connectivity index (χ1) is 16.9. The molecule has 0 saturated carbocycles. The summed E-state index contributed by atoms with van der Waals surface area (Å²) in [6, 6.07) is 15.7. The molecular formula is C27H34BrClN4O3. The first kappa shape index (κ1) is 28.2. The molecule has 1 N–H and O–H groups in total. The number of halogens is 2. The molecule has 2 aromatic carbocycles. The van der Waals surface area contributed by atoms with E-state index in [-0.39, 0.29) is 18.3 Å². The summed E-state index contributed by atoms with van der Waals surface area (Å²) in [4.78, 5) is 15.2. The molecule has 3 aromatic rings. The summed E-state index contributed by atoms with van der Waals surface area (Å²) in [6.45, 7) is 11.7. The number of carbonyl (C=O) groups excluding carboxylic acids is 1. The molecule has 1 fully saturated rings. The molecule has 0 spiro atoms. The highest BCUT2D eigenvalue weighted by Crippen LogP contribution is 2.25. The van der Waals surface area contributed by atoms with Gasteiger partial charge in [0.15, 0.2) is 5.82 Å². The lowest BCUT2D eigenvalue weighted by Gasteiger charge is -2.26. The van der Waals surface area contributed by atoms with Crippen LogP contribution in [0, 0.1) is 12.8 Å². The molecule has 1 aliphatic heterocycles. The molecule has 0 unspecified atom stereocenters. The van der Waals surface area contributed by atoms with Crippen molar-refractivity contribution in [3.63, 3.8) is 0 Å². The number of nitrogens with one attached hydrogen (secondary N) is 1. The van der Waals surface area contributed by atoms with Gasteiger partial charge in [-0.1, -0.05) is 41.9 Å². The maximum atomic E-state index is 12.8. The third-order valence-electron chi connectivity index (χ3n) is 5.86. The van der Waals surface area contributed by atoms with E-state index in [1.54, 1.807) is 0 Å². The van der Waals surface area contributed by atoms with Gasteiger partial charge in [0.2, 0.25) is 0 Å². The van der Waals surface area contributed by atoms with Crippen LogP contribution < -0.4 is 10.1 Å². The summed E-state index contributed by atoms with van der Waals surface area (Å²) in [5.41, 5.74) is 3.78. The fourth-order valence-corrected chi connectivity index (χ4v) is 4.34. The van der Waals surface area contributed by atoms with E-state index >= 15 is 0 Å². The van der Waals surface area contributed by atoms with Crippen molar-refractivity contribution in [2.24, 2.45) is 5.92 Å². The summed E-state index contributed by atoms with van der Waals surface area (Å²) in [5.74, 6) is 1.65. The molecule has 0 bridgehead atoms. The number of carbonyl (C=O) groups is 1. The van der Waals surface area contributed by atoms with Gasteiger partial charge >= 0.3 is 0 Å². The lowest BCUT2D eigenvalue weighted by molar-refractivity contribution is 0.0342. The van der Waals surface area contributed by atoms with Crippen LogP contribution in [0.3, 0.4) is 0 Å². The maximum Gasteiger partial charge on any atom is 0.256 e. The van der Waals surface area contributed by atoms with Crippen molar-refractivity contribution in [2.45, 2.75) is 33.9 Å². The van der Waals surface area contributed by atoms with Crippen LogP contribution in [-0.4, -0.2) is 53.5 Å². The Labute approximate surface area is 227 Å². The predicted octanol–water partition coefficient (Wildman–Crippen LogP) is 5.54. The van der Waals surface area contributed by atoms with Crippen molar-refractivity contribution >= 4 is 40.1 Å². The second kappa shape index (κ2) is 13.2. The lowest BCUT2D eigenvalue weighted by Crippen LogP contribution is -2.35. The largest absolute Gasteiger partial charge is 0.493 e. The minimum atomic E-state index is -0.170. The van der Waals surface area contributed by atoms with Crippen LogP contribution in [0.5, 0.6) is 5.75 Å². The van der Waals surface area contributed by atoms with E-state index in [2.05, 4.69) is 45.1 Å². The molecule has 2 heterocycles. The maximum absolute atomic E-state index is 12.8. The standard InChI is InChI=1S/C27H33BrN4O3.ClH/c1-19(2)18-35-25-9-8-24(28)15-23(25)17-32-20(3)14-26(30-32)29-27(33)22-6-4-21(5-7-22)16-31-10-12-34-13-11-31;/h4-9,14-15,19H,10-13,16-18H2,1-3H3,(H,29,30,33);1H. The minimum Gasteiger partial charge on any atom is -0.493 e. The first-order valence-electron chi connectivity index (χ1n) is 12.0. The predicted molar refractivity (Wildman–Crippen MR) is 148 cm³/mol. The fourth-order valence-electron chi connectivity index (χ4n) is 3.93. The molecule has 194 valence electrons. The van der Waals surface area contributed by atoms with Crippen molar-refractivity contribution in [3.05, 3.63) is 75.4 Å². The highest BCUT2D eigenvalue weighted by molar-refractivity contribution is 9.10. The van der Waals surface area contributed by atoms with Crippen molar-refractivity contribution in [1.82, 2.24) is 14.7 Å². The number of anilines is 1. The van der Waals surface area contributed by atoms with Crippen LogP contribution in [0.1, 0.15) is 41.0 Å². The Balaban J connectivity index is 0.00000361. The Kier molecular flexibility index (Phi) is 10.4. The Bertz CT molecular complexity index is 1140. The van der Waals surface area contributed by atoms with E-state index in [9.17, 15) is 4.79 Å². The third-order valence-corrected chi connectivity index (χ3v) is 6.36. The Morgan fingerprint density at radius 3 is 2.53 bits per heavy atom. The Morgan fingerprint density at radius 1 is 1.11 bits per heavy atom. The lowest BCUT2D eigenvalue weighted by atomic mass is 10.1. The highest BCUT2D eigenvalue weighted by Gasteiger charge is 2.14. The van der Waals surface area contributed by atoms with Crippen LogP contribution >= 0.6 is 28.3 Å². The van der Waals surface area contributed by atoms with Crippen LogP contribution in [-0.2, 0) is 17.8 Å². The van der Waals surface area contributed by atoms with Gasteiger partial charge < -0.3 is 14.8 Å². The quantitative estimate of drug-likeness (QED) is 0.362. The topological polar surface area (TPSA) is 68.6 Å². The minimum absolute atomic E-state index is 0. The number of morpholine rings is 1.